The van der Waals surface area contributed by atoms with Gasteiger partial charge in [0.2, 0.25) is 11.8 Å². The standard InChI is InChI=1S/C22H39N5O2.HI/c1-2-23-22(24-13-8-15-26-14-7-3-4-11-20(26)28)25-19-12-16-27(17-19)21(29)18-9-5-6-10-18;/h18-19H,2-17H2,1H3,(H2,23,24,25);1H. The molecule has 1 saturated carbocycles. The minimum absolute atomic E-state index is 0. The number of aliphatic imine (C=N–C) groups is 1. The molecule has 3 aliphatic rings. The predicted molar refractivity (Wildman–Crippen MR) is 131 cm³/mol. The minimum Gasteiger partial charge on any atom is -0.357 e. The number of nitrogens with zero attached hydrogens (tertiary/aromatic N) is 3. The van der Waals surface area contributed by atoms with Gasteiger partial charge in [0.05, 0.1) is 0 Å². The van der Waals surface area contributed by atoms with Crippen LogP contribution >= 0.6 is 24.0 Å². The van der Waals surface area contributed by atoms with Gasteiger partial charge in [-0.3, -0.25) is 14.6 Å². The summed E-state index contributed by atoms with van der Waals surface area (Å²) in [7, 11) is 0. The summed E-state index contributed by atoms with van der Waals surface area (Å²) in [5.41, 5.74) is 0. The Balaban J connectivity index is 0.00000320. The van der Waals surface area contributed by atoms with Crippen molar-refractivity contribution in [2.45, 2.75) is 77.2 Å². The molecule has 0 spiro atoms. The highest BCUT2D eigenvalue weighted by Crippen LogP contribution is 2.27. The number of carbonyl (C=O) groups excluding carboxylic acids is 2. The minimum atomic E-state index is 0. The molecule has 2 saturated heterocycles. The molecule has 2 N–H and O–H groups in total. The Labute approximate surface area is 198 Å². The van der Waals surface area contributed by atoms with Crippen molar-refractivity contribution < 1.29 is 9.59 Å². The second-order valence-electron chi connectivity index (χ2n) is 8.70. The maximum absolute atomic E-state index is 12.6. The molecule has 1 aliphatic carbocycles. The Hall–Kier alpha value is -1.06. The number of likely N-dealkylation sites (tertiary alicyclic amines) is 2. The first kappa shape index (κ1) is 25.2. The molecular formula is C22H40IN5O2. The van der Waals surface area contributed by atoms with Gasteiger partial charge in [0.15, 0.2) is 5.96 Å². The van der Waals surface area contributed by atoms with Gasteiger partial charge in [0, 0.05) is 57.6 Å². The third-order valence-electron chi connectivity index (χ3n) is 6.42. The first-order valence-corrected chi connectivity index (χ1v) is 11.8. The Morgan fingerprint density at radius 2 is 1.90 bits per heavy atom. The Morgan fingerprint density at radius 1 is 1.10 bits per heavy atom. The average molecular weight is 533 g/mol. The normalized spacial score (nSPS) is 23.3. The lowest BCUT2D eigenvalue weighted by molar-refractivity contribution is -0.134. The van der Waals surface area contributed by atoms with E-state index >= 15 is 0 Å². The zero-order chi connectivity index (χ0) is 20.5. The van der Waals surface area contributed by atoms with E-state index in [2.05, 4.69) is 17.6 Å². The molecule has 1 atom stereocenters. The van der Waals surface area contributed by atoms with Gasteiger partial charge >= 0.3 is 0 Å². The van der Waals surface area contributed by atoms with Gasteiger partial charge < -0.3 is 20.4 Å². The number of carbonyl (C=O) groups is 2. The molecule has 8 heteroatoms. The largest absolute Gasteiger partial charge is 0.357 e. The molecule has 7 nitrogen and oxygen atoms in total. The molecule has 0 bridgehead atoms. The van der Waals surface area contributed by atoms with Crippen LogP contribution in [0.2, 0.25) is 0 Å². The second kappa shape index (κ2) is 13.4. The molecule has 0 radical (unpaired) electrons. The summed E-state index contributed by atoms with van der Waals surface area (Å²) < 4.78 is 0. The van der Waals surface area contributed by atoms with Gasteiger partial charge in [-0.1, -0.05) is 19.3 Å². The summed E-state index contributed by atoms with van der Waals surface area (Å²) in [4.78, 5) is 33.5. The van der Waals surface area contributed by atoms with Crippen LogP contribution in [0.5, 0.6) is 0 Å². The quantitative estimate of drug-likeness (QED) is 0.229. The van der Waals surface area contributed by atoms with Gasteiger partial charge in [0.1, 0.15) is 0 Å². The van der Waals surface area contributed by atoms with Crippen LogP contribution in [-0.2, 0) is 9.59 Å². The Morgan fingerprint density at radius 3 is 2.67 bits per heavy atom. The number of guanidine groups is 1. The van der Waals surface area contributed by atoms with E-state index in [1.807, 2.05) is 9.80 Å². The van der Waals surface area contributed by atoms with Gasteiger partial charge in [-0.25, -0.2) is 0 Å². The van der Waals surface area contributed by atoms with E-state index in [9.17, 15) is 9.59 Å². The lowest BCUT2D eigenvalue weighted by Gasteiger charge is -2.22. The molecule has 30 heavy (non-hydrogen) atoms. The molecular weight excluding hydrogens is 493 g/mol. The number of nitrogens with one attached hydrogen (secondary N) is 2. The van der Waals surface area contributed by atoms with E-state index in [0.29, 0.717) is 24.8 Å². The van der Waals surface area contributed by atoms with E-state index in [0.717, 1.165) is 83.6 Å². The van der Waals surface area contributed by atoms with Gasteiger partial charge in [-0.15, -0.1) is 24.0 Å². The van der Waals surface area contributed by atoms with Crippen molar-refractivity contribution in [2.24, 2.45) is 10.9 Å². The molecule has 2 amide bonds. The fourth-order valence-corrected chi connectivity index (χ4v) is 4.75. The molecule has 2 aliphatic heterocycles. The van der Waals surface area contributed by atoms with Crippen molar-refractivity contribution in [3.05, 3.63) is 0 Å². The molecule has 1 unspecified atom stereocenters. The van der Waals surface area contributed by atoms with Crippen LogP contribution in [0, 0.1) is 5.92 Å². The SMILES string of the molecule is CCNC(=NCCCN1CCCCCC1=O)NC1CCN(C(=O)C2CCCC2)C1.I. The topological polar surface area (TPSA) is 77.0 Å². The highest BCUT2D eigenvalue weighted by molar-refractivity contribution is 14.0. The Bertz CT molecular complexity index is 580. The van der Waals surface area contributed by atoms with E-state index in [1.165, 1.54) is 12.8 Å². The van der Waals surface area contributed by atoms with Crippen molar-refractivity contribution in [2.75, 3.05) is 39.3 Å². The van der Waals surface area contributed by atoms with E-state index in [1.54, 1.807) is 0 Å². The summed E-state index contributed by atoms with van der Waals surface area (Å²) in [6.07, 6.45) is 10.4. The molecule has 0 aromatic rings. The van der Waals surface area contributed by atoms with Crippen LogP contribution in [0.25, 0.3) is 0 Å². The molecule has 3 fully saturated rings. The zero-order valence-corrected chi connectivity index (χ0v) is 20.9. The van der Waals surface area contributed by atoms with Crippen molar-refractivity contribution in [3.8, 4) is 0 Å². The molecule has 172 valence electrons. The fourth-order valence-electron chi connectivity index (χ4n) is 4.75. The van der Waals surface area contributed by atoms with Gasteiger partial charge in [0.25, 0.3) is 0 Å². The number of halogens is 1. The van der Waals surface area contributed by atoms with Crippen molar-refractivity contribution in [1.29, 1.82) is 0 Å². The maximum atomic E-state index is 12.6. The number of amides is 2. The molecule has 0 aromatic carbocycles. The third kappa shape index (κ3) is 7.57. The molecule has 2 heterocycles. The highest BCUT2D eigenvalue weighted by atomic mass is 127. The number of hydrogen-bond donors (Lipinski definition) is 2. The van der Waals surface area contributed by atoms with Crippen LogP contribution < -0.4 is 10.6 Å². The lowest BCUT2D eigenvalue weighted by Crippen LogP contribution is -2.45. The Kier molecular flexibility index (Phi) is 11.2. The molecule has 3 rings (SSSR count). The first-order valence-electron chi connectivity index (χ1n) is 11.8. The van der Waals surface area contributed by atoms with E-state index in [-0.39, 0.29) is 35.9 Å². The second-order valence-corrected chi connectivity index (χ2v) is 8.70. The van der Waals surface area contributed by atoms with Crippen molar-refractivity contribution >= 4 is 41.8 Å². The fraction of sp³-hybridized carbons (Fsp3) is 0.864. The predicted octanol–water partition coefficient (Wildman–Crippen LogP) is 2.74. The van der Waals surface area contributed by atoms with Crippen molar-refractivity contribution in [3.63, 3.8) is 0 Å². The van der Waals surface area contributed by atoms with E-state index in [4.69, 9.17) is 4.99 Å². The van der Waals surface area contributed by atoms with Gasteiger partial charge in [-0.05, 0) is 45.4 Å². The summed E-state index contributed by atoms with van der Waals surface area (Å²) >= 11 is 0. The monoisotopic (exact) mass is 533 g/mol. The third-order valence-corrected chi connectivity index (χ3v) is 6.42. The van der Waals surface area contributed by atoms with Crippen LogP contribution in [0.15, 0.2) is 4.99 Å². The van der Waals surface area contributed by atoms with Crippen LogP contribution in [0.3, 0.4) is 0 Å². The summed E-state index contributed by atoms with van der Waals surface area (Å²) in [5.74, 6) is 1.75. The van der Waals surface area contributed by atoms with Crippen LogP contribution in [-0.4, -0.2) is 72.9 Å². The summed E-state index contributed by atoms with van der Waals surface area (Å²) in [6, 6.07) is 0.269. The summed E-state index contributed by atoms with van der Waals surface area (Å²) in [6.45, 7) is 6.91. The first-order chi connectivity index (χ1) is 14.2. The maximum Gasteiger partial charge on any atom is 0.225 e. The highest BCUT2D eigenvalue weighted by Gasteiger charge is 2.32. The summed E-state index contributed by atoms with van der Waals surface area (Å²) in [5, 5.41) is 6.83. The zero-order valence-electron chi connectivity index (χ0n) is 18.5. The smallest absolute Gasteiger partial charge is 0.225 e. The number of rotatable bonds is 7. The average Bonchev–Trinajstić information content (AvgIpc) is 3.37. The van der Waals surface area contributed by atoms with E-state index < -0.39 is 0 Å². The van der Waals surface area contributed by atoms with Gasteiger partial charge in [-0.2, -0.15) is 0 Å². The van der Waals surface area contributed by atoms with Crippen LogP contribution in [0.4, 0.5) is 0 Å². The number of hydrogen-bond acceptors (Lipinski definition) is 3. The molecule has 0 aromatic heterocycles. The van der Waals surface area contributed by atoms with Crippen molar-refractivity contribution in [1.82, 2.24) is 20.4 Å². The van der Waals surface area contributed by atoms with Crippen LogP contribution in [0.1, 0.15) is 71.1 Å². The lowest BCUT2D eigenvalue weighted by atomic mass is 10.1.